The van der Waals surface area contributed by atoms with Crippen LogP contribution in [0.15, 0.2) is 12.4 Å². The third kappa shape index (κ3) is 1.80. The van der Waals surface area contributed by atoms with Crippen molar-refractivity contribution in [3.05, 3.63) is 18.1 Å². The van der Waals surface area contributed by atoms with Crippen LogP contribution in [0.5, 0.6) is 5.88 Å². The quantitative estimate of drug-likeness (QED) is 0.730. The minimum atomic E-state index is -1.10. The van der Waals surface area contributed by atoms with Crippen LogP contribution in [0, 0.1) is 0 Å². The Labute approximate surface area is 79.5 Å². The van der Waals surface area contributed by atoms with E-state index in [1.54, 1.807) is 0 Å². The van der Waals surface area contributed by atoms with Gasteiger partial charge < -0.3 is 14.6 Å². The first-order valence-corrected chi connectivity index (χ1v) is 4.05. The lowest BCUT2D eigenvalue weighted by molar-refractivity contribution is -0.0814. The van der Waals surface area contributed by atoms with E-state index in [0.717, 1.165) is 6.20 Å². The van der Waals surface area contributed by atoms with Crippen molar-refractivity contribution in [2.75, 3.05) is 13.2 Å². The van der Waals surface area contributed by atoms with E-state index in [9.17, 15) is 4.79 Å². The van der Waals surface area contributed by atoms with E-state index in [1.807, 2.05) is 0 Å². The molecule has 0 aromatic carbocycles. The fourth-order valence-corrected chi connectivity index (χ4v) is 0.940. The number of aromatic nitrogens is 2. The molecular weight excluding hydrogens is 188 g/mol. The number of hydrogen-bond acceptors (Lipinski definition) is 5. The van der Waals surface area contributed by atoms with E-state index >= 15 is 0 Å². The number of nitrogens with zero attached hydrogens (tertiary/aromatic N) is 2. The lowest BCUT2D eigenvalue weighted by Gasteiger charge is -2.25. The second-order valence-electron chi connectivity index (χ2n) is 2.82. The summed E-state index contributed by atoms with van der Waals surface area (Å²) in [5, 5.41) is 8.55. The van der Waals surface area contributed by atoms with Crippen molar-refractivity contribution < 1.29 is 19.4 Å². The van der Waals surface area contributed by atoms with E-state index in [0.29, 0.717) is 19.1 Å². The first-order valence-electron chi connectivity index (χ1n) is 4.05. The standard InChI is InChI=1S/C8H8N2O4/c11-8(12)6-1-10-7(2-9-6)14-5-3-13-4-5/h1-2,5H,3-4H2,(H,11,12). The predicted octanol–water partition coefficient (Wildman–Crippen LogP) is -0.0476. The minimum absolute atomic E-state index is 0.0139. The SMILES string of the molecule is O=C(O)c1cnc(OC2COC2)cn1. The number of ether oxygens (including phenoxy) is 2. The number of carbonyl (C=O) groups is 1. The molecule has 1 aromatic rings. The van der Waals surface area contributed by atoms with E-state index in [1.165, 1.54) is 6.20 Å². The Kier molecular flexibility index (Phi) is 2.28. The van der Waals surface area contributed by atoms with Gasteiger partial charge in [0, 0.05) is 0 Å². The van der Waals surface area contributed by atoms with Crippen LogP contribution in [0.4, 0.5) is 0 Å². The first-order chi connectivity index (χ1) is 6.75. The summed E-state index contributed by atoms with van der Waals surface area (Å²) in [4.78, 5) is 17.9. The fraction of sp³-hybridized carbons (Fsp3) is 0.375. The number of aromatic carboxylic acids is 1. The van der Waals surface area contributed by atoms with Crippen LogP contribution in [-0.4, -0.2) is 40.4 Å². The van der Waals surface area contributed by atoms with Gasteiger partial charge in [-0.15, -0.1) is 0 Å². The summed E-state index contributed by atoms with van der Waals surface area (Å²) in [6.45, 7) is 1.09. The van der Waals surface area contributed by atoms with Crippen molar-refractivity contribution in [1.82, 2.24) is 9.97 Å². The summed E-state index contributed by atoms with van der Waals surface area (Å²) in [5.41, 5.74) is -0.0952. The fourth-order valence-electron chi connectivity index (χ4n) is 0.940. The van der Waals surface area contributed by atoms with Gasteiger partial charge in [0.2, 0.25) is 5.88 Å². The maximum absolute atomic E-state index is 10.4. The van der Waals surface area contributed by atoms with Crippen LogP contribution < -0.4 is 4.74 Å². The molecular formula is C8H8N2O4. The summed E-state index contributed by atoms with van der Waals surface area (Å²) in [5.74, 6) is -0.778. The van der Waals surface area contributed by atoms with E-state index in [4.69, 9.17) is 14.6 Å². The molecule has 1 N–H and O–H groups in total. The molecule has 0 aliphatic carbocycles. The summed E-state index contributed by atoms with van der Waals surface area (Å²) in [6.07, 6.45) is 2.47. The van der Waals surface area contributed by atoms with Gasteiger partial charge in [0.1, 0.15) is 6.10 Å². The van der Waals surface area contributed by atoms with Crippen LogP contribution in [-0.2, 0) is 4.74 Å². The van der Waals surface area contributed by atoms with Crippen molar-refractivity contribution in [3.8, 4) is 5.88 Å². The Morgan fingerprint density at radius 1 is 1.50 bits per heavy atom. The van der Waals surface area contributed by atoms with Gasteiger partial charge in [0.05, 0.1) is 25.6 Å². The molecule has 2 heterocycles. The van der Waals surface area contributed by atoms with Gasteiger partial charge in [0.25, 0.3) is 0 Å². The van der Waals surface area contributed by atoms with Gasteiger partial charge in [-0.2, -0.15) is 0 Å². The predicted molar refractivity (Wildman–Crippen MR) is 44.2 cm³/mol. The average Bonchev–Trinajstić information content (AvgIpc) is 2.12. The maximum atomic E-state index is 10.4. The molecule has 74 valence electrons. The molecule has 0 saturated carbocycles. The number of hydrogen-bond donors (Lipinski definition) is 1. The summed E-state index contributed by atoms with van der Waals surface area (Å²) in [6, 6.07) is 0. The molecule has 6 heteroatoms. The highest BCUT2D eigenvalue weighted by molar-refractivity contribution is 5.84. The van der Waals surface area contributed by atoms with Gasteiger partial charge in [-0.3, -0.25) is 0 Å². The summed E-state index contributed by atoms with van der Waals surface area (Å²) in [7, 11) is 0. The lowest BCUT2D eigenvalue weighted by Crippen LogP contribution is -2.38. The Morgan fingerprint density at radius 2 is 2.29 bits per heavy atom. The van der Waals surface area contributed by atoms with Crippen molar-refractivity contribution in [1.29, 1.82) is 0 Å². The zero-order valence-electron chi connectivity index (χ0n) is 7.21. The van der Waals surface area contributed by atoms with Crippen LogP contribution in [0.3, 0.4) is 0 Å². The van der Waals surface area contributed by atoms with E-state index in [-0.39, 0.29) is 11.8 Å². The second kappa shape index (κ2) is 3.59. The minimum Gasteiger partial charge on any atom is -0.476 e. The van der Waals surface area contributed by atoms with Crippen molar-refractivity contribution in [3.63, 3.8) is 0 Å². The number of carboxylic acid groups (broad SMARTS) is 1. The molecule has 1 fully saturated rings. The molecule has 1 aromatic heterocycles. The van der Waals surface area contributed by atoms with Gasteiger partial charge in [-0.1, -0.05) is 0 Å². The van der Waals surface area contributed by atoms with E-state index < -0.39 is 5.97 Å². The number of carboxylic acids is 1. The zero-order valence-corrected chi connectivity index (χ0v) is 7.21. The van der Waals surface area contributed by atoms with Gasteiger partial charge >= 0.3 is 5.97 Å². The third-order valence-electron chi connectivity index (χ3n) is 1.74. The molecule has 0 amide bonds. The smallest absolute Gasteiger partial charge is 0.356 e. The molecule has 1 saturated heterocycles. The molecule has 0 unspecified atom stereocenters. The van der Waals surface area contributed by atoms with Crippen molar-refractivity contribution in [2.45, 2.75) is 6.10 Å². The van der Waals surface area contributed by atoms with Crippen LogP contribution >= 0.6 is 0 Å². The Balaban J connectivity index is 2.01. The van der Waals surface area contributed by atoms with Gasteiger partial charge in [0.15, 0.2) is 5.69 Å². The first kappa shape index (κ1) is 8.89. The monoisotopic (exact) mass is 196 g/mol. The molecule has 14 heavy (non-hydrogen) atoms. The molecule has 0 atom stereocenters. The second-order valence-corrected chi connectivity index (χ2v) is 2.82. The summed E-state index contributed by atoms with van der Waals surface area (Å²) < 4.78 is 10.2. The Bertz CT molecular complexity index is 334. The van der Waals surface area contributed by atoms with Gasteiger partial charge in [-0.25, -0.2) is 14.8 Å². The molecule has 0 radical (unpaired) electrons. The topological polar surface area (TPSA) is 81.5 Å². The normalized spacial score (nSPS) is 16.0. The largest absolute Gasteiger partial charge is 0.476 e. The zero-order chi connectivity index (χ0) is 9.97. The maximum Gasteiger partial charge on any atom is 0.356 e. The number of rotatable bonds is 3. The summed E-state index contributed by atoms with van der Waals surface area (Å²) >= 11 is 0. The van der Waals surface area contributed by atoms with Crippen molar-refractivity contribution in [2.24, 2.45) is 0 Å². The molecule has 6 nitrogen and oxygen atoms in total. The molecule has 1 aliphatic heterocycles. The lowest BCUT2D eigenvalue weighted by atomic mass is 10.3. The van der Waals surface area contributed by atoms with Crippen LogP contribution in [0.1, 0.15) is 10.5 Å². The third-order valence-corrected chi connectivity index (χ3v) is 1.74. The molecule has 0 spiro atoms. The molecule has 1 aliphatic rings. The van der Waals surface area contributed by atoms with Gasteiger partial charge in [-0.05, 0) is 0 Å². The van der Waals surface area contributed by atoms with Crippen LogP contribution in [0.2, 0.25) is 0 Å². The highest BCUT2D eigenvalue weighted by Gasteiger charge is 2.20. The van der Waals surface area contributed by atoms with E-state index in [2.05, 4.69) is 9.97 Å². The molecule has 0 bridgehead atoms. The Hall–Kier alpha value is -1.69. The Morgan fingerprint density at radius 3 is 2.71 bits per heavy atom. The molecule has 2 rings (SSSR count). The highest BCUT2D eigenvalue weighted by Crippen LogP contribution is 2.11. The van der Waals surface area contributed by atoms with Crippen molar-refractivity contribution >= 4 is 5.97 Å². The average molecular weight is 196 g/mol. The highest BCUT2D eigenvalue weighted by atomic mass is 16.6. The van der Waals surface area contributed by atoms with Crippen LogP contribution in [0.25, 0.3) is 0 Å².